The van der Waals surface area contributed by atoms with E-state index in [1.165, 1.54) is 6.08 Å². The molecule has 0 aliphatic heterocycles. The van der Waals surface area contributed by atoms with Gasteiger partial charge in [-0.1, -0.05) is 30.1 Å². The van der Waals surface area contributed by atoms with Crippen LogP contribution in [0.4, 0.5) is 0 Å². The standard InChI is InChI=1S/C14H17Cl2NO2/c1-3-14(2,19)9-17-13(18)7-4-10-8-11(15)5-6-12(10)16/h4-8,19H,3,9H2,1-2H3,(H,17,18). The van der Waals surface area contributed by atoms with Crippen molar-refractivity contribution in [1.29, 1.82) is 0 Å². The molecule has 1 unspecified atom stereocenters. The van der Waals surface area contributed by atoms with Crippen LogP contribution in [0.2, 0.25) is 10.0 Å². The van der Waals surface area contributed by atoms with E-state index in [4.69, 9.17) is 23.2 Å². The molecular weight excluding hydrogens is 285 g/mol. The van der Waals surface area contributed by atoms with Crippen molar-refractivity contribution in [1.82, 2.24) is 5.32 Å². The second-order valence-corrected chi connectivity index (χ2v) is 5.41. The molecule has 0 saturated heterocycles. The van der Waals surface area contributed by atoms with Crippen molar-refractivity contribution in [3.63, 3.8) is 0 Å². The van der Waals surface area contributed by atoms with Gasteiger partial charge in [-0.15, -0.1) is 0 Å². The van der Waals surface area contributed by atoms with E-state index in [1.54, 1.807) is 31.2 Å². The Morgan fingerprint density at radius 2 is 2.16 bits per heavy atom. The van der Waals surface area contributed by atoms with Gasteiger partial charge in [0.1, 0.15) is 0 Å². The van der Waals surface area contributed by atoms with E-state index in [1.807, 2.05) is 6.92 Å². The lowest BCUT2D eigenvalue weighted by Crippen LogP contribution is -2.39. The van der Waals surface area contributed by atoms with Crippen LogP contribution >= 0.6 is 23.2 Å². The fourth-order valence-corrected chi connectivity index (χ4v) is 1.63. The van der Waals surface area contributed by atoms with Crippen molar-refractivity contribution in [3.05, 3.63) is 39.9 Å². The zero-order valence-electron chi connectivity index (χ0n) is 10.9. The average Bonchev–Trinajstić information content (AvgIpc) is 2.37. The highest BCUT2D eigenvalue weighted by atomic mass is 35.5. The van der Waals surface area contributed by atoms with Crippen LogP contribution in [-0.2, 0) is 4.79 Å². The molecule has 1 rings (SSSR count). The van der Waals surface area contributed by atoms with Crippen LogP contribution in [0.1, 0.15) is 25.8 Å². The maximum atomic E-state index is 11.6. The topological polar surface area (TPSA) is 49.3 Å². The Labute approximate surface area is 123 Å². The van der Waals surface area contributed by atoms with Gasteiger partial charge in [0.2, 0.25) is 5.91 Å². The van der Waals surface area contributed by atoms with Crippen LogP contribution in [0.15, 0.2) is 24.3 Å². The zero-order valence-corrected chi connectivity index (χ0v) is 12.4. The normalized spacial score (nSPS) is 14.4. The largest absolute Gasteiger partial charge is 0.388 e. The van der Waals surface area contributed by atoms with Gasteiger partial charge in [-0.25, -0.2) is 0 Å². The van der Waals surface area contributed by atoms with Crippen molar-refractivity contribution in [2.24, 2.45) is 0 Å². The highest BCUT2D eigenvalue weighted by Crippen LogP contribution is 2.21. The lowest BCUT2D eigenvalue weighted by atomic mass is 10.0. The number of rotatable bonds is 5. The fourth-order valence-electron chi connectivity index (χ4n) is 1.27. The van der Waals surface area contributed by atoms with E-state index in [-0.39, 0.29) is 12.5 Å². The van der Waals surface area contributed by atoms with Gasteiger partial charge in [0.05, 0.1) is 5.60 Å². The summed E-state index contributed by atoms with van der Waals surface area (Å²) in [6.45, 7) is 3.73. The van der Waals surface area contributed by atoms with Crippen molar-refractivity contribution in [2.75, 3.05) is 6.54 Å². The lowest BCUT2D eigenvalue weighted by Gasteiger charge is -2.20. The number of halogens is 2. The molecule has 1 amide bonds. The number of benzene rings is 1. The molecular formula is C14H17Cl2NO2. The van der Waals surface area contributed by atoms with Gasteiger partial charge in [0.15, 0.2) is 0 Å². The minimum Gasteiger partial charge on any atom is -0.388 e. The van der Waals surface area contributed by atoms with Crippen LogP contribution in [-0.4, -0.2) is 23.2 Å². The third-order valence-corrected chi connectivity index (χ3v) is 3.36. The highest BCUT2D eigenvalue weighted by Gasteiger charge is 2.17. The smallest absolute Gasteiger partial charge is 0.244 e. The molecule has 19 heavy (non-hydrogen) atoms. The van der Waals surface area contributed by atoms with Crippen molar-refractivity contribution >= 4 is 35.2 Å². The lowest BCUT2D eigenvalue weighted by molar-refractivity contribution is -0.117. The van der Waals surface area contributed by atoms with Crippen molar-refractivity contribution in [2.45, 2.75) is 25.9 Å². The predicted molar refractivity (Wildman–Crippen MR) is 79.4 cm³/mol. The monoisotopic (exact) mass is 301 g/mol. The minimum atomic E-state index is -0.892. The molecule has 3 nitrogen and oxygen atoms in total. The first-order valence-corrected chi connectivity index (χ1v) is 6.73. The Bertz CT molecular complexity index is 484. The Hall–Kier alpha value is -1.03. The first kappa shape index (κ1) is 16.0. The molecule has 104 valence electrons. The summed E-state index contributed by atoms with van der Waals surface area (Å²) in [5.41, 5.74) is -0.219. The third-order valence-electron chi connectivity index (χ3n) is 2.78. The molecule has 0 aliphatic carbocycles. The summed E-state index contributed by atoms with van der Waals surface area (Å²) in [6, 6.07) is 5.03. The molecule has 0 aromatic heterocycles. The van der Waals surface area contributed by atoms with E-state index in [0.717, 1.165) is 0 Å². The molecule has 0 heterocycles. The number of hydrogen-bond donors (Lipinski definition) is 2. The van der Waals surface area contributed by atoms with Crippen LogP contribution in [0.5, 0.6) is 0 Å². The molecule has 0 radical (unpaired) electrons. The summed E-state index contributed by atoms with van der Waals surface area (Å²) in [7, 11) is 0. The molecule has 2 N–H and O–H groups in total. The van der Waals surface area contributed by atoms with Gasteiger partial charge >= 0.3 is 0 Å². The second-order valence-electron chi connectivity index (χ2n) is 4.57. The molecule has 1 aromatic carbocycles. The van der Waals surface area contributed by atoms with Crippen LogP contribution in [0.3, 0.4) is 0 Å². The Kier molecular flexibility index (Phi) is 5.85. The van der Waals surface area contributed by atoms with Crippen LogP contribution in [0.25, 0.3) is 6.08 Å². The summed E-state index contributed by atoms with van der Waals surface area (Å²) >= 11 is 11.8. The quantitative estimate of drug-likeness (QED) is 0.820. The maximum Gasteiger partial charge on any atom is 0.244 e. The molecule has 0 fully saturated rings. The predicted octanol–water partition coefficient (Wildman–Crippen LogP) is 3.28. The summed E-state index contributed by atoms with van der Waals surface area (Å²) in [4.78, 5) is 11.6. The van der Waals surface area contributed by atoms with Crippen LogP contribution in [0, 0.1) is 0 Å². The third kappa shape index (κ3) is 5.64. The molecule has 0 bridgehead atoms. The molecule has 0 saturated carbocycles. The highest BCUT2D eigenvalue weighted by molar-refractivity contribution is 6.34. The fraction of sp³-hybridized carbons (Fsp3) is 0.357. The number of aliphatic hydroxyl groups is 1. The molecule has 1 atom stereocenters. The summed E-state index contributed by atoms with van der Waals surface area (Å²) in [6.07, 6.45) is 3.52. The van der Waals surface area contributed by atoms with Gasteiger partial charge in [0, 0.05) is 22.7 Å². The Balaban J connectivity index is 2.61. The summed E-state index contributed by atoms with van der Waals surface area (Å²) in [5, 5.41) is 13.5. The molecule has 0 spiro atoms. The zero-order chi connectivity index (χ0) is 14.5. The Morgan fingerprint density at radius 1 is 1.47 bits per heavy atom. The van der Waals surface area contributed by atoms with Gasteiger partial charge < -0.3 is 10.4 Å². The van der Waals surface area contributed by atoms with E-state index >= 15 is 0 Å². The van der Waals surface area contributed by atoms with E-state index < -0.39 is 5.60 Å². The van der Waals surface area contributed by atoms with Crippen molar-refractivity contribution < 1.29 is 9.90 Å². The minimum absolute atomic E-state index is 0.204. The first-order chi connectivity index (χ1) is 8.84. The molecule has 1 aromatic rings. The SMILES string of the molecule is CCC(C)(O)CNC(=O)C=Cc1cc(Cl)ccc1Cl. The van der Waals surface area contributed by atoms with Crippen molar-refractivity contribution in [3.8, 4) is 0 Å². The van der Waals surface area contributed by atoms with Gasteiger partial charge in [-0.3, -0.25) is 4.79 Å². The van der Waals surface area contributed by atoms with Gasteiger partial charge in [0.25, 0.3) is 0 Å². The average molecular weight is 302 g/mol. The summed E-state index contributed by atoms with van der Waals surface area (Å²) in [5.74, 6) is -0.287. The Morgan fingerprint density at radius 3 is 2.79 bits per heavy atom. The van der Waals surface area contributed by atoms with E-state index in [0.29, 0.717) is 22.0 Å². The van der Waals surface area contributed by atoms with Crippen LogP contribution < -0.4 is 5.32 Å². The second kappa shape index (κ2) is 6.94. The van der Waals surface area contributed by atoms with E-state index in [9.17, 15) is 9.90 Å². The van der Waals surface area contributed by atoms with Gasteiger partial charge in [-0.2, -0.15) is 0 Å². The number of hydrogen-bond acceptors (Lipinski definition) is 2. The first-order valence-electron chi connectivity index (χ1n) is 5.97. The maximum absolute atomic E-state index is 11.6. The molecule has 0 aliphatic rings. The summed E-state index contributed by atoms with van der Waals surface area (Å²) < 4.78 is 0. The number of carbonyl (C=O) groups is 1. The number of nitrogens with one attached hydrogen (secondary N) is 1. The molecule has 5 heteroatoms. The number of carbonyl (C=O) groups excluding carboxylic acids is 1. The van der Waals surface area contributed by atoms with Gasteiger partial charge in [-0.05, 0) is 43.2 Å². The number of amides is 1. The van der Waals surface area contributed by atoms with E-state index in [2.05, 4.69) is 5.32 Å².